The van der Waals surface area contributed by atoms with E-state index in [1.54, 1.807) is 6.92 Å². The van der Waals surface area contributed by atoms with Gasteiger partial charge >= 0.3 is 0 Å². The average Bonchev–Trinajstić information content (AvgIpc) is 2.64. The molecule has 0 saturated heterocycles. The van der Waals surface area contributed by atoms with Crippen LogP contribution in [0.1, 0.15) is 39.7 Å². The van der Waals surface area contributed by atoms with Crippen molar-refractivity contribution in [2.24, 2.45) is 0 Å². The van der Waals surface area contributed by atoms with Crippen LogP contribution in [-0.4, -0.2) is 20.6 Å². The smallest absolute Gasteiger partial charge is 0.185 e. The normalized spacial score (nSPS) is 12.2. The molecule has 0 aliphatic rings. The first kappa shape index (κ1) is 14.0. The zero-order valence-electron chi connectivity index (χ0n) is 10.9. The van der Waals surface area contributed by atoms with Gasteiger partial charge in [0.05, 0.1) is 11.7 Å². The molecule has 0 aliphatic heterocycles. The number of thioether (sulfide) groups is 1. The highest BCUT2D eigenvalue weighted by Gasteiger charge is 2.12. The minimum atomic E-state index is 0.0244. The van der Waals surface area contributed by atoms with Crippen LogP contribution in [0.25, 0.3) is 6.08 Å². The molecule has 1 aromatic heterocycles. The molecule has 1 heterocycles. The molecule has 17 heavy (non-hydrogen) atoms. The summed E-state index contributed by atoms with van der Waals surface area (Å²) in [4.78, 5) is 10.7. The predicted octanol–water partition coefficient (Wildman–Crippen LogP) is 3.32. The molecule has 3 nitrogen and oxygen atoms in total. The SMILES string of the molecule is CC(=O)SCCC=Cc1cnn(C(C)(C)C)c1. The molecule has 0 amide bonds. The van der Waals surface area contributed by atoms with E-state index in [4.69, 9.17) is 0 Å². The topological polar surface area (TPSA) is 34.9 Å². The van der Waals surface area contributed by atoms with Gasteiger partial charge in [0.25, 0.3) is 0 Å². The van der Waals surface area contributed by atoms with Gasteiger partial charge in [-0.3, -0.25) is 9.48 Å². The Morgan fingerprint density at radius 2 is 2.24 bits per heavy atom. The van der Waals surface area contributed by atoms with Crippen molar-refractivity contribution in [2.45, 2.75) is 39.7 Å². The van der Waals surface area contributed by atoms with Gasteiger partial charge in [0.1, 0.15) is 0 Å². The van der Waals surface area contributed by atoms with Crippen molar-refractivity contribution < 1.29 is 4.79 Å². The first-order valence-electron chi connectivity index (χ1n) is 5.74. The van der Waals surface area contributed by atoms with E-state index >= 15 is 0 Å². The summed E-state index contributed by atoms with van der Waals surface area (Å²) in [5.41, 5.74) is 1.13. The van der Waals surface area contributed by atoms with Crippen LogP contribution >= 0.6 is 11.8 Å². The number of carbonyl (C=O) groups is 1. The Bertz CT molecular complexity index is 402. The Balaban J connectivity index is 2.44. The number of hydrogen-bond donors (Lipinski definition) is 0. The third-order valence-corrected chi connectivity index (χ3v) is 3.04. The van der Waals surface area contributed by atoms with Crippen molar-refractivity contribution >= 4 is 23.0 Å². The number of carbonyl (C=O) groups excluding carboxylic acids is 1. The Hall–Kier alpha value is -1.03. The Morgan fingerprint density at radius 1 is 1.53 bits per heavy atom. The largest absolute Gasteiger partial charge is 0.288 e. The lowest BCUT2D eigenvalue weighted by atomic mass is 10.1. The molecule has 94 valence electrons. The Labute approximate surface area is 107 Å². The molecule has 0 fully saturated rings. The van der Waals surface area contributed by atoms with Crippen molar-refractivity contribution in [2.75, 3.05) is 5.75 Å². The molecule has 0 spiro atoms. The maximum Gasteiger partial charge on any atom is 0.185 e. The van der Waals surface area contributed by atoms with E-state index in [1.165, 1.54) is 11.8 Å². The molecule has 1 aromatic rings. The van der Waals surface area contributed by atoms with Crippen molar-refractivity contribution in [3.05, 3.63) is 24.0 Å². The fourth-order valence-corrected chi connectivity index (χ4v) is 1.82. The third kappa shape index (κ3) is 5.22. The predicted molar refractivity (Wildman–Crippen MR) is 74.0 cm³/mol. The first-order valence-corrected chi connectivity index (χ1v) is 6.73. The summed E-state index contributed by atoms with van der Waals surface area (Å²) >= 11 is 1.36. The maximum absolute atomic E-state index is 10.7. The number of hydrogen-bond acceptors (Lipinski definition) is 3. The summed E-state index contributed by atoms with van der Waals surface area (Å²) in [5.74, 6) is 0.846. The molecule has 0 aromatic carbocycles. The van der Waals surface area contributed by atoms with E-state index in [1.807, 2.05) is 17.1 Å². The number of allylic oxidation sites excluding steroid dienone is 1. The van der Waals surface area contributed by atoms with E-state index in [9.17, 15) is 4.79 Å². The summed E-state index contributed by atoms with van der Waals surface area (Å²) in [6.45, 7) is 7.97. The fourth-order valence-electron chi connectivity index (χ4n) is 1.28. The van der Waals surface area contributed by atoms with Crippen LogP contribution in [0.2, 0.25) is 0 Å². The number of aromatic nitrogens is 2. The first-order chi connectivity index (χ1) is 7.89. The minimum absolute atomic E-state index is 0.0244. The van der Waals surface area contributed by atoms with Gasteiger partial charge in [-0.1, -0.05) is 23.9 Å². The standard InChI is InChI=1S/C13H20N2OS/c1-11(16)17-8-6-5-7-12-9-14-15(10-12)13(2,3)4/h5,7,9-10H,6,8H2,1-4H3. The van der Waals surface area contributed by atoms with Crippen LogP contribution in [0, 0.1) is 0 Å². The van der Waals surface area contributed by atoms with Gasteiger partial charge in [-0.2, -0.15) is 5.10 Å². The quantitative estimate of drug-likeness (QED) is 0.771. The third-order valence-electron chi connectivity index (χ3n) is 2.19. The van der Waals surface area contributed by atoms with Crippen LogP contribution in [0.3, 0.4) is 0 Å². The van der Waals surface area contributed by atoms with E-state index in [0.29, 0.717) is 0 Å². The highest BCUT2D eigenvalue weighted by atomic mass is 32.2. The molecule has 0 N–H and O–H groups in total. The second-order valence-electron chi connectivity index (χ2n) is 4.92. The summed E-state index contributed by atoms with van der Waals surface area (Å²) < 4.78 is 1.96. The molecule has 0 saturated carbocycles. The molecule has 0 aliphatic carbocycles. The van der Waals surface area contributed by atoms with Crippen LogP contribution in [0.5, 0.6) is 0 Å². The molecule has 0 unspecified atom stereocenters. The lowest BCUT2D eigenvalue weighted by Gasteiger charge is -2.18. The molecule has 0 bridgehead atoms. The van der Waals surface area contributed by atoms with E-state index < -0.39 is 0 Å². The van der Waals surface area contributed by atoms with Crippen LogP contribution < -0.4 is 0 Å². The summed E-state index contributed by atoms with van der Waals surface area (Å²) in [7, 11) is 0. The molecule has 0 atom stereocenters. The summed E-state index contributed by atoms with van der Waals surface area (Å²) in [5, 5.41) is 4.50. The molecule has 0 radical (unpaired) electrons. The minimum Gasteiger partial charge on any atom is -0.288 e. The van der Waals surface area contributed by atoms with Gasteiger partial charge in [-0.15, -0.1) is 0 Å². The van der Waals surface area contributed by atoms with Gasteiger partial charge in [0.15, 0.2) is 5.12 Å². The van der Waals surface area contributed by atoms with E-state index in [-0.39, 0.29) is 10.7 Å². The highest BCUT2D eigenvalue weighted by molar-refractivity contribution is 8.13. The van der Waals surface area contributed by atoms with E-state index in [0.717, 1.165) is 17.7 Å². The van der Waals surface area contributed by atoms with Crippen molar-refractivity contribution in [1.29, 1.82) is 0 Å². The van der Waals surface area contributed by atoms with Gasteiger partial charge < -0.3 is 0 Å². The van der Waals surface area contributed by atoms with Crippen LogP contribution in [-0.2, 0) is 10.3 Å². The van der Waals surface area contributed by atoms with Gasteiger partial charge in [0.2, 0.25) is 0 Å². The second kappa shape index (κ2) is 6.05. The monoisotopic (exact) mass is 252 g/mol. The van der Waals surface area contributed by atoms with Crippen LogP contribution in [0.4, 0.5) is 0 Å². The highest BCUT2D eigenvalue weighted by Crippen LogP contribution is 2.14. The van der Waals surface area contributed by atoms with Crippen LogP contribution in [0.15, 0.2) is 18.5 Å². The Kier molecular flexibility index (Phi) is 5.00. The van der Waals surface area contributed by atoms with Crippen molar-refractivity contribution in [1.82, 2.24) is 9.78 Å². The molecule has 4 heteroatoms. The summed E-state index contributed by atoms with van der Waals surface area (Å²) in [6, 6.07) is 0. The zero-order valence-corrected chi connectivity index (χ0v) is 11.8. The Morgan fingerprint density at radius 3 is 2.76 bits per heavy atom. The number of nitrogens with zero attached hydrogens (tertiary/aromatic N) is 2. The molecular weight excluding hydrogens is 232 g/mol. The molecular formula is C13H20N2OS. The number of rotatable bonds is 4. The van der Waals surface area contributed by atoms with Crippen molar-refractivity contribution in [3.63, 3.8) is 0 Å². The fraction of sp³-hybridized carbons (Fsp3) is 0.538. The maximum atomic E-state index is 10.7. The lowest BCUT2D eigenvalue weighted by Crippen LogP contribution is -2.21. The zero-order chi connectivity index (χ0) is 12.9. The van der Waals surface area contributed by atoms with Gasteiger partial charge in [-0.25, -0.2) is 0 Å². The van der Waals surface area contributed by atoms with Gasteiger partial charge in [-0.05, 0) is 27.2 Å². The summed E-state index contributed by atoms with van der Waals surface area (Å²) in [6.07, 6.45) is 8.94. The second-order valence-corrected chi connectivity index (χ2v) is 6.19. The average molecular weight is 252 g/mol. The lowest BCUT2D eigenvalue weighted by molar-refractivity contribution is -0.109. The van der Waals surface area contributed by atoms with E-state index in [2.05, 4.69) is 38.0 Å². The van der Waals surface area contributed by atoms with Crippen molar-refractivity contribution in [3.8, 4) is 0 Å². The molecule has 1 rings (SSSR count). The van der Waals surface area contributed by atoms with Gasteiger partial charge in [0, 0.05) is 24.4 Å².